The molecule has 1 aliphatic heterocycles. The quantitative estimate of drug-likeness (QED) is 0.195. The zero-order valence-corrected chi connectivity index (χ0v) is 22.0. The lowest BCUT2D eigenvalue weighted by Crippen LogP contribution is -2.42. The zero-order chi connectivity index (χ0) is 30.7. The number of alkyl halides is 6. The molecule has 0 amide bonds. The lowest BCUT2D eigenvalue weighted by Gasteiger charge is -2.31. The van der Waals surface area contributed by atoms with Crippen LogP contribution >= 0.6 is 0 Å². The van der Waals surface area contributed by atoms with Crippen LogP contribution in [0.2, 0.25) is 0 Å². The fourth-order valence-electron chi connectivity index (χ4n) is 3.90. The molecule has 2 N–H and O–H groups in total. The second kappa shape index (κ2) is 11.9. The first-order valence-electron chi connectivity index (χ1n) is 12.0. The number of ether oxygens (including phenoxy) is 1. The van der Waals surface area contributed by atoms with Crippen LogP contribution in [0.1, 0.15) is 18.4 Å². The number of nitrogens with one attached hydrogen (secondary N) is 2. The minimum Gasteiger partial charge on any atom is -0.454 e. The molecule has 226 valence electrons. The van der Waals surface area contributed by atoms with Crippen LogP contribution in [-0.4, -0.2) is 64.5 Å². The molecular formula is C23H21F6N7O5S. The van der Waals surface area contributed by atoms with Crippen molar-refractivity contribution in [2.75, 3.05) is 30.3 Å². The van der Waals surface area contributed by atoms with Gasteiger partial charge in [-0.25, -0.2) is 8.42 Å². The fourth-order valence-corrected chi connectivity index (χ4v) is 5.37. The van der Waals surface area contributed by atoms with Crippen LogP contribution in [0.25, 0.3) is 0 Å². The van der Waals surface area contributed by atoms with Gasteiger partial charge < -0.3 is 15.4 Å². The van der Waals surface area contributed by atoms with Gasteiger partial charge in [-0.05, 0) is 43.2 Å². The molecule has 1 aliphatic rings. The van der Waals surface area contributed by atoms with E-state index in [4.69, 9.17) is 0 Å². The Balaban J connectivity index is 1.48. The Morgan fingerprint density at radius 2 is 1.62 bits per heavy atom. The van der Waals surface area contributed by atoms with Crippen LogP contribution in [0.4, 0.5) is 49.6 Å². The third-order valence-corrected chi connectivity index (χ3v) is 7.81. The number of benzene rings is 2. The standard InChI is InChI=1S/C23H21F6N7O5S/c24-22(25,26)13-41-21-33-19(32-20(34-21)31-16-3-1-2-14(12-16)23(27,28)29)30-15-8-10-35(11-9-15)42(39,40)18-6-4-17(5-7-18)36(37)38/h1-7,12,15H,8-11,13H2,(H2,30,31,32,33,34). The van der Waals surface area contributed by atoms with Crippen molar-refractivity contribution in [2.45, 2.75) is 36.1 Å². The summed E-state index contributed by atoms with van der Waals surface area (Å²) in [5, 5.41) is 16.2. The molecule has 2 heterocycles. The van der Waals surface area contributed by atoms with Crippen LogP contribution < -0.4 is 15.4 Å². The molecule has 19 heteroatoms. The third-order valence-electron chi connectivity index (χ3n) is 5.90. The molecule has 0 saturated carbocycles. The van der Waals surface area contributed by atoms with Crippen LogP contribution in [0.3, 0.4) is 0 Å². The van der Waals surface area contributed by atoms with E-state index in [-0.39, 0.29) is 48.1 Å². The van der Waals surface area contributed by atoms with Gasteiger partial charge in [0.05, 0.1) is 15.4 Å². The van der Waals surface area contributed by atoms with Gasteiger partial charge in [0.15, 0.2) is 6.61 Å². The molecule has 1 fully saturated rings. The van der Waals surface area contributed by atoms with E-state index in [1.165, 1.54) is 10.4 Å². The molecule has 42 heavy (non-hydrogen) atoms. The Bertz CT molecular complexity index is 1530. The minimum absolute atomic E-state index is 0.0227. The van der Waals surface area contributed by atoms with E-state index in [0.29, 0.717) is 0 Å². The molecule has 12 nitrogen and oxygen atoms in total. The summed E-state index contributed by atoms with van der Waals surface area (Å²) >= 11 is 0. The number of halogens is 6. The Hall–Kier alpha value is -4.26. The van der Waals surface area contributed by atoms with Gasteiger partial charge in [-0.1, -0.05) is 6.07 Å². The largest absolute Gasteiger partial charge is 0.454 e. The number of anilines is 3. The highest BCUT2D eigenvalue weighted by Crippen LogP contribution is 2.31. The van der Waals surface area contributed by atoms with Crippen molar-refractivity contribution in [1.29, 1.82) is 0 Å². The summed E-state index contributed by atoms with van der Waals surface area (Å²) < 4.78 is 109. The van der Waals surface area contributed by atoms with Crippen molar-refractivity contribution >= 4 is 33.3 Å². The number of piperidine rings is 1. The number of hydrogen-bond acceptors (Lipinski definition) is 10. The highest BCUT2D eigenvalue weighted by Gasteiger charge is 2.32. The lowest BCUT2D eigenvalue weighted by molar-refractivity contribution is -0.384. The first-order chi connectivity index (χ1) is 19.6. The van der Waals surface area contributed by atoms with Gasteiger partial charge >= 0.3 is 18.4 Å². The fraction of sp³-hybridized carbons (Fsp3) is 0.348. The van der Waals surface area contributed by atoms with Gasteiger partial charge in [-0.3, -0.25) is 10.1 Å². The van der Waals surface area contributed by atoms with Crippen molar-refractivity contribution in [3.63, 3.8) is 0 Å². The van der Waals surface area contributed by atoms with Crippen molar-refractivity contribution < 1.29 is 44.4 Å². The van der Waals surface area contributed by atoms with Crippen LogP contribution in [-0.2, 0) is 16.2 Å². The Labute approximate surface area is 233 Å². The minimum atomic E-state index is -4.73. The van der Waals surface area contributed by atoms with Gasteiger partial charge in [-0.15, -0.1) is 0 Å². The predicted molar refractivity (Wildman–Crippen MR) is 135 cm³/mol. The van der Waals surface area contributed by atoms with E-state index in [2.05, 4.69) is 30.3 Å². The Kier molecular flexibility index (Phi) is 8.71. The van der Waals surface area contributed by atoms with E-state index in [1.807, 2.05) is 0 Å². The normalized spacial score (nSPS) is 15.3. The number of nitro groups is 1. The molecule has 0 atom stereocenters. The molecule has 1 saturated heterocycles. The molecule has 1 aromatic heterocycles. The Morgan fingerprint density at radius 3 is 2.21 bits per heavy atom. The van der Waals surface area contributed by atoms with E-state index >= 15 is 0 Å². The molecule has 0 spiro atoms. The van der Waals surface area contributed by atoms with Crippen LogP contribution in [0.5, 0.6) is 6.01 Å². The summed E-state index contributed by atoms with van der Waals surface area (Å²) in [6.07, 6.45) is -8.94. The molecular weight excluding hydrogens is 600 g/mol. The van der Waals surface area contributed by atoms with Gasteiger partial charge in [-0.2, -0.15) is 45.6 Å². The second-order valence-corrected chi connectivity index (χ2v) is 10.9. The van der Waals surface area contributed by atoms with E-state index < -0.39 is 57.5 Å². The molecule has 3 aromatic rings. The monoisotopic (exact) mass is 621 g/mol. The SMILES string of the molecule is O=[N+]([O-])c1ccc(S(=O)(=O)N2CCC(Nc3nc(Nc4cccc(C(F)(F)F)c4)nc(OCC(F)(F)F)n3)CC2)cc1. The van der Waals surface area contributed by atoms with E-state index in [0.717, 1.165) is 42.5 Å². The average molecular weight is 622 g/mol. The summed E-state index contributed by atoms with van der Waals surface area (Å²) in [4.78, 5) is 21.6. The maximum atomic E-state index is 13.1. The molecule has 0 aliphatic carbocycles. The van der Waals surface area contributed by atoms with Gasteiger partial charge in [0.1, 0.15) is 0 Å². The van der Waals surface area contributed by atoms with Gasteiger partial charge in [0.2, 0.25) is 21.9 Å². The first kappa shape index (κ1) is 30.7. The summed E-state index contributed by atoms with van der Waals surface area (Å²) in [6.45, 7) is -1.69. The van der Waals surface area contributed by atoms with Crippen molar-refractivity contribution in [1.82, 2.24) is 19.3 Å². The highest BCUT2D eigenvalue weighted by molar-refractivity contribution is 7.89. The highest BCUT2D eigenvalue weighted by atomic mass is 32.2. The summed E-state index contributed by atoms with van der Waals surface area (Å²) in [7, 11) is -3.96. The van der Waals surface area contributed by atoms with Crippen LogP contribution in [0.15, 0.2) is 53.4 Å². The summed E-state index contributed by atoms with van der Waals surface area (Å²) in [5.74, 6) is -0.657. The molecule has 0 radical (unpaired) electrons. The summed E-state index contributed by atoms with van der Waals surface area (Å²) in [5.41, 5.74) is -1.35. The molecule has 4 rings (SSSR count). The number of nitro benzene ring substituents is 1. The van der Waals surface area contributed by atoms with E-state index in [1.54, 1.807) is 0 Å². The maximum absolute atomic E-state index is 13.1. The molecule has 0 unspecified atom stereocenters. The smallest absolute Gasteiger partial charge is 0.422 e. The summed E-state index contributed by atoms with van der Waals surface area (Å²) in [6, 6.07) is 7.18. The number of rotatable bonds is 9. The average Bonchev–Trinajstić information content (AvgIpc) is 2.91. The number of aromatic nitrogens is 3. The third kappa shape index (κ3) is 7.93. The van der Waals surface area contributed by atoms with Crippen molar-refractivity contribution in [2.24, 2.45) is 0 Å². The van der Waals surface area contributed by atoms with Crippen LogP contribution in [0, 0.1) is 10.1 Å². The van der Waals surface area contributed by atoms with Crippen molar-refractivity contribution in [3.8, 4) is 6.01 Å². The first-order valence-corrected chi connectivity index (χ1v) is 13.5. The van der Waals surface area contributed by atoms with Gasteiger partial charge in [0, 0.05) is 37.0 Å². The van der Waals surface area contributed by atoms with Crippen molar-refractivity contribution in [3.05, 3.63) is 64.2 Å². The number of hydrogen-bond donors (Lipinski definition) is 2. The van der Waals surface area contributed by atoms with Gasteiger partial charge in [0.25, 0.3) is 5.69 Å². The maximum Gasteiger partial charge on any atom is 0.422 e. The number of nitrogens with zero attached hydrogens (tertiary/aromatic N) is 5. The lowest BCUT2D eigenvalue weighted by atomic mass is 10.1. The number of sulfonamides is 1. The zero-order valence-electron chi connectivity index (χ0n) is 21.2. The molecule has 0 bridgehead atoms. The van der Waals surface area contributed by atoms with E-state index in [9.17, 15) is 44.9 Å². The predicted octanol–water partition coefficient (Wildman–Crippen LogP) is 4.75. The second-order valence-electron chi connectivity index (χ2n) is 8.95. The molecule has 2 aromatic carbocycles. The number of non-ortho nitro benzene ring substituents is 1. The topological polar surface area (TPSA) is 152 Å². The Morgan fingerprint density at radius 1 is 0.976 bits per heavy atom.